The summed E-state index contributed by atoms with van der Waals surface area (Å²) in [5, 5.41) is 1.78. The van der Waals surface area contributed by atoms with Crippen molar-refractivity contribution in [2.75, 3.05) is 6.61 Å². The van der Waals surface area contributed by atoms with Gasteiger partial charge in [0.2, 0.25) is 0 Å². The van der Waals surface area contributed by atoms with Crippen LogP contribution >= 0.6 is 11.3 Å². The predicted molar refractivity (Wildman–Crippen MR) is 99.9 cm³/mol. The maximum atomic E-state index is 12.0. The van der Waals surface area contributed by atoms with E-state index < -0.39 is 5.97 Å². The normalized spacial score (nSPS) is 11.1. The molecule has 0 saturated carbocycles. The lowest BCUT2D eigenvalue weighted by atomic mass is 10.0. The van der Waals surface area contributed by atoms with E-state index in [1.54, 1.807) is 11.6 Å². The zero-order valence-electron chi connectivity index (χ0n) is 14.9. The van der Waals surface area contributed by atoms with E-state index in [1.165, 1.54) is 21.8 Å². The minimum atomic E-state index is -0.505. The molecule has 0 amide bonds. The minimum absolute atomic E-state index is 0.0588. The number of benzene rings is 1. The van der Waals surface area contributed by atoms with E-state index in [4.69, 9.17) is 9.47 Å². The molecule has 7 heteroatoms. The van der Waals surface area contributed by atoms with Gasteiger partial charge in [-0.15, -0.1) is 11.3 Å². The molecule has 2 heterocycles. The molecule has 136 valence electrons. The van der Waals surface area contributed by atoms with Crippen molar-refractivity contribution in [3.05, 3.63) is 63.0 Å². The largest absolute Gasteiger partial charge is 0.482 e. The number of aromatic nitrogens is 2. The van der Waals surface area contributed by atoms with E-state index in [0.717, 1.165) is 11.1 Å². The van der Waals surface area contributed by atoms with Crippen LogP contribution in [-0.4, -0.2) is 22.0 Å². The minimum Gasteiger partial charge on any atom is -0.482 e. The monoisotopic (exact) mass is 372 g/mol. The maximum absolute atomic E-state index is 12.0. The zero-order valence-corrected chi connectivity index (χ0v) is 15.7. The molecule has 0 bridgehead atoms. The third kappa shape index (κ3) is 4.11. The fourth-order valence-corrected chi connectivity index (χ4v) is 3.28. The van der Waals surface area contributed by atoms with Crippen LogP contribution in [0.1, 0.15) is 36.6 Å². The fourth-order valence-electron chi connectivity index (χ4n) is 2.54. The third-order valence-corrected chi connectivity index (χ3v) is 4.63. The highest BCUT2D eigenvalue weighted by Gasteiger charge is 2.12. The Kier molecular flexibility index (Phi) is 5.37. The summed E-state index contributed by atoms with van der Waals surface area (Å²) in [6.45, 7) is 5.86. The maximum Gasteiger partial charge on any atom is 0.344 e. The molecule has 0 radical (unpaired) electrons. The summed E-state index contributed by atoms with van der Waals surface area (Å²) < 4.78 is 12.3. The number of nitrogens with zero attached hydrogens (tertiary/aromatic N) is 2. The van der Waals surface area contributed by atoms with Gasteiger partial charge in [0.1, 0.15) is 12.4 Å². The summed E-state index contributed by atoms with van der Waals surface area (Å²) >= 11 is 1.35. The van der Waals surface area contributed by atoms with Crippen LogP contribution in [0.4, 0.5) is 0 Å². The van der Waals surface area contributed by atoms with Gasteiger partial charge in [0, 0.05) is 17.6 Å². The summed E-state index contributed by atoms with van der Waals surface area (Å²) in [5.41, 5.74) is 2.33. The average molecular weight is 372 g/mol. The molecule has 0 fully saturated rings. The molecule has 0 aliphatic carbocycles. The van der Waals surface area contributed by atoms with Crippen LogP contribution in [0.5, 0.6) is 5.75 Å². The van der Waals surface area contributed by atoms with Crippen LogP contribution < -0.4 is 10.3 Å². The average Bonchev–Trinajstić information content (AvgIpc) is 3.07. The fraction of sp³-hybridized carbons (Fsp3) is 0.316. The zero-order chi connectivity index (χ0) is 18.7. The summed E-state index contributed by atoms with van der Waals surface area (Å²) in [4.78, 5) is 28.8. The molecular weight excluding hydrogens is 352 g/mol. The van der Waals surface area contributed by atoms with Gasteiger partial charge < -0.3 is 9.47 Å². The SMILES string of the molecule is Cc1ccc(C(C)C)c(OCC(=O)OCc2cc(=O)n3ccsc3n2)c1. The van der Waals surface area contributed by atoms with Crippen LogP contribution in [0.3, 0.4) is 0 Å². The van der Waals surface area contributed by atoms with Crippen LogP contribution in [0, 0.1) is 6.92 Å². The van der Waals surface area contributed by atoms with Crippen molar-refractivity contribution < 1.29 is 14.3 Å². The molecule has 3 aromatic rings. The highest BCUT2D eigenvalue weighted by molar-refractivity contribution is 7.15. The van der Waals surface area contributed by atoms with Gasteiger partial charge in [0.15, 0.2) is 11.6 Å². The summed E-state index contributed by atoms with van der Waals surface area (Å²) in [6, 6.07) is 7.31. The third-order valence-electron chi connectivity index (χ3n) is 3.87. The van der Waals surface area contributed by atoms with E-state index in [1.807, 2.05) is 25.1 Å². The number of esters is 1. The molecule has 26 heavy (non-hydrogen) atoms. The molecular formula is C19H20N2O4S. The van der Waals surface area contributed by atoms with Gasteiger partial charge in [-0.05, 0) is 30.0 Å². The summed E-state index contributed by atoms with van der Waals surface area (Å²) in [6.07, 6.45) is 1.66. The van der Waals surface area contributed by atoms with Gasteiger partial charge >= 0.3 is 5.97 Å². The van der Waals surface area contributed by atoms with E-state index in [2.05, 4.69) is 18.8 Å². The van der Waals surface area contributed by atoms with E-state index in [0.29, 0.717) is 16.4 Å². The van der Waals surface area contributed by atoms with Gasteiger partial charge in [-0.1, -0.05) is 26.0 Å². The highest BCUT2D eigenvalue weighted by Crippen LogP contribution is 2.27. The summed E-state index contributed by atoms with van der Waals surface area (Å²) in [7, 11) is 0. The van der Waals surface area contributed by atoms with Crippen LogP contribution in [-0.2, 0) is 16.1 Å². The van der Waals surface area contributed by atoms with Crippen molar-refractivity contribution in [1.29, 1.82) is 0 Å². The Morgan fingerprint density at radius 2 is 2.12 bits per heavy atom. The van der Waals surface area contributed by atoms with Crippen LogP contribution in [0.15, 0.2) is 40.6 Å². The molecule has 0 aliphatic heterocycles. The Morgan fingerprint density at radius 1 is 1.31 bits per heavy atom. The smallest absolute Gasteiger partial charge is 0.344 e. The molecule has 2 aromatic heterocycles. The van der Waals surface area contributed by atoms with Crippen molar-refractivity contribution in [2.45, 2.75) is 33.3 Å². The second-order valence-corrected chi connectivity index (χ2v) is 7.16. The van der Waals surface area contributed by atoms with Crippen molar-refractivity contribution in [3.63, 3.8) is 0 Å². The molecule has 1 aromatic carbocycles. The van der Waals surface area contributed by atoms with Crippen molar-refractivity contribution in [1.82, 2.24) is 9.38 Å². The van der Waals surface area contributed by atoms with Crippen molar-refractivity contribution >= 4 is 22.3 Å². The second kappa shape index (κ2) is 7.70. The first-order chi connectivity index (χ1) is 12.4. The molecule has 6 nitrogen and oxygen atoms in total. The van der Waals surface area contributed by atoms with E-state index >= 15 is 0 Å². The Hall–Kier alpha value is -2.67. The lowest BCUT2D eigenvalue weighted by molar-refractivity contribution is -0.147. The van der Waals surface area contributed by atoms with Gasteiger partial charge in [-0.3, -0.25) is 9.20 Å². The molecule has 0 saturated heterocycles. The lowest BCUT2D eigenvalue weighted by Gasteiger charge is -2.14. The molecule has 0 spiro atoms. The van der Waals surface area contributed by atoms with Gasteiger partial charge in [0.25, 0.3) is 5.56 Å². The quantitative estimate of drug-likeness (QED) is 0.621. The number of thiazole rings is 1. The number of hydrogen-bond acceptors (Lipinski definition) is 6. The van der Waals surface area contributed by atoms with Gasteiger partial charge in [-0.25, -0.2) is 9.78 Å². The Labute approximate surface area is 155 Å². The number of carbonyl (C=O) groups excluding carboxylic acids is 1. The number of fused-ring (bicyclic) bond motifs is 1. The molecule has 0 aliphatic rings. The topological polar surface area (TPSA) is 69.9 Å². The number of aryl methyl sites for hydroxylation is 1. The Morgan fingerprint density at radius 3 is 2.88 bits per heavy atom. The van der Waals surface area contributed by atoms with Gasteiger partial charge in [0.05, 0.1) is 5.69 Å². The Balaban J connectivity index is 1.61. The summed E-state index contributed by atoms with van der Waals surface area (Å²) in [5.74, 6) is 0.471. The lowest BCUT2D eigenvalue weighted by Crippen LogP contribution is -2.18. The number of carbonyl (C=O) groups is 1. The first kappa shape index (κ1) is 18.1. The number of ether oxygens (including phenoxy) is 2. The van der Waals surface area contributed by atoms with Gasteiger partial charge in [-0.2, -0.15) is 0 Å². The second-order valence-electron chi connectivity index (χ2n) is 6.29. The first-order valence-corrected chi connectivity index (χ1v) is 9.17. The van der Waals surface area contributed by atoms with Crippen molar-refractivity contribution in [2.24, 2.45) is 0 Å². The molecule has 3 rings (SSSR count). The number of rotatable bonds is 6. The predicted octanol–water partition coefficient (Wildman–Crippen LogP) is 3.31. The molecule has 0 N–H and O–H groups in total. The number of hydrogen-bond donors (Lipinski definition) is 0. The van der Waals surface area contributed by atoms with E-state index in [-0.39, 0.29) is 24.7 Å². The van der Waals surface area contributed by atoms with Crippen LogP contribution in [0.25, 0.3) is 4.96 Å². The van der Waals surface area contributed by atoms with E-state index in [9.17, 15) is 9.59 Å². The standard InChI is InChI=1S/C19H20N2O4S/c1-12(2)15-5-4-13(3)8-16(15)24-11-18(23)25-10-14-9-17(22)21-6-7-26-19(21)20-14/h4-9,12H,10-11H2,1-3H3. The highest BCUT2D eigenvalue weighted by atomic mass is 32.1. The van der Waals surface area contributed by atoms with Crippen LogP contribution in [0.2, 0.25) is 0 Å². The van der Waals surface area contributed by atoms with Crippen molar-refractivity contribution in [3.8, 4) is 5.75 Å². The molecule has 0 atom stereocenters. The molecule has 0 unspecified atom stereocenters. The first-order valence-electron chi connectivity index (χ1n) is 8.29. The Bertz CT molecular complexity index is 991.